The second-order valence-electron chi connectivity index (χ2n) is 4.56. The molecule has 0 spiro atoms. The van der Waals surface area contributed by atoms with Crippen LogP contribution in [0.4, 0.5) is 0 Å². The highest BCUT2D eigenvalue weighted by atomic mass is 35.5. The van der Waals surface area contributed by atoms with Crippen molar-refractivity contribution in [3.63, 3.8) is 0 Å². The molecule has 0 saturated carbocycles. The highest BCUT2D eigenvalue weighted by molar-refractivity contribution is 6.30. The normalized spacial score (nSPS) is 12.5. The zero-order chi connectivity index (χ0) is 14.2. The van der Waals surface area contributed by atoms with Crippen molar-refractivity contribution in [2.45, 2.75) is 19.3 Å². The largest absolute Gasteiger partial charge is 0.472 e. The molecule has 108 valence electrons. The molecule has 2 aromatic rings. The molecule has 0 aliphatic heterocycles. The van der Waals surface area contributed by atoms with Crippen molar-refractivity contribution >= 4 is 11.6 Å². The highest BCUT2D eigenvalue weighted by Gasteiger charge is 2.04. The van der Waals surface area contributed by atoms with Gasteiger partial charge in [0.2, 0.25) is 0 Å². The molecule has 0 radical (unpaired) electrons. The number of aliphatic hydroxyl groups excluding tert-OH is 1. The van der Waals surface area contributed by atoms with Crippen LogP contribution in [0.2, 0.25) is 5.02 Å². The molecule has 4 nitrogen and oxygen atoms in total. The number of furan rings is 1. The fourth-order valence-corrected chi connectivity index (χ4v) is 1.85. The molecule has 0 amide bonds. The molecule has 1 aromatic carbocycles. The third kappa shape index (κ3) is 5.35. The van der Waals surface area contributed by atoms with Crippen LogP contribution < -0.4 is 5.32 Å². The molecular formula is C15H18ClNO3. The van der Waals surface area contributed by atoms with E-state index in [0.717, 1.165) is 11.1 Å². The summed E-state index contributed by atoms with van der Waals surface area (Å²) in [7, 11) is 0. The monoisotopic (exact) mass is 295 g/mol. The number of rotatable bonds is 8. The average molecular weight is 296 g/mol. The van der Waals surface area contributed by atoms with E-state index in [1.54, 1.807) is 12.5 Å². The van der Waals surface area contributed by atoms with Crippen molar-refractivity contribution in [2.24, 2.45) is 0 Å². The van der Waals surface area contributed by atoms with E-state index < -0.39 is 6.10 Å². The molecule has 0 aliphatic rings. The van der Waals surface area contributed by atoms with Crippen LogP contribution in [0.5, 0.6) is 0 Å². The van der Waals surface area contributed by atoms with Gasteiger partial charge in [-0.25, -0.2) is 0 Å². The van der Waals surface area contributed by atoms with Gasteiger partial charge in [0, 0.05) is 23.7 Å². The van der Waals surface area contributed by atoms with Gasteiger partial charge >= 0.3 is 0 Å². The van der Waals surface area contributed by atoms with E-state index in [1.807, 2.05) is 30.3 Å². The third-order valence-corrected chi connectivity index (χ3v) is 3.03. The third-order valence-electron chi connectivity index (χ3n) is 2.78. The standard InChI is InChI=1S/C15H18ClNO3/c16-14-3-1-12(2-4-14)9-20-11-15(18)8-17-7-13-5-6-19-10-13/h1-6,10,15,17-18H,7-9,11H2. The summed E-state index contributed by atoms with van der Waals surface area (Å²) in [5.41, 5.74) is 2.09. The van der Waals surface area contributed by atoms with Crippen LogP contribution in [-0.4, -0.2) is 24.4 Å². The smallest absolute Gasteiger partial charge is 0.0947 e. The van der Waals surface area contributed by atoms with Gasteiger partial charge < -0.3 is 19.6 Å². The first kappa shape index (κ1) is 15.1. The van der Waals surface area contributed by atoms with Crippen molar-refractivity contribution in [1.82, 2.24) is 5.32 Å². The molecule has 1 heterocycles. The Bertz CT molecular complexity index is 484. The summed E-state index contributed by atoms with van der Waals surface area (Å²) in [6, 6.07) is 9.35. The van der Waals surface area contributed by atoms with Crippen LogP contribution in [0.3, 0.4) is 0 Å². The van der Waals surface area contributed by atoms with Crippen molar-refractivity contribution in [3.8, 4) is 0 Å². The zero-order valence-electron chi connectivity index (χ0n) is 11.1. The summed E-state index contributed by atoms with van der Waals surface area (Å²) in [6.45, 7) is 1.91. The van der Waals surface area contributed by atoms with Gasteiger partial charge in [-0.3, -0.25) is 0 Å². The van der Waals surface area contributed by atoms with Gasteiger partial charge in [0.05, 0.1) is 31.8 Å². The minimum Gasteiger partial charge on any atom is -0.472 e. The average Bonchev–Trinajstić information content (AvgIpc) is 2.94. The fraction of sp³-hybridized carbons (Fsp3) is 0.333. The lowest BCUT2D eigenvalue weighted by Gasteiger charge is -2.12. The first-order chi connectivity index (χ1) is 9.74. The summed E-state index contributed by atoms with van der Waals surface area (Å²) in [5, 5.41) is 13.6. The molecule has 5 heteroatoms. The Hall–Kier alpha value is -1.33. The van der Waals surface area contributed by atoms with E-state index in [4.69, 9.17) is 20.8 Å². The zero-order valence-corrected chi connectivity index (χ0v) is 11.8. The van der Waals surface area contributed by atoms with Gasteiger partial charge in [-0.1, -0.05) is 23.7 Å². The van der Waals surface area contributed by atoms with E-state index in [-0.39, 0.29) is 0 Å². The van der Waals surface area contributed by atoms with Crippen molar-refractivity contribution in [3.05, 3.63) is 59.0 Å². The second-order valence-corrected chi connectivity index (χ2v) is 4.99. The Kier molecular flexibility index (Phi) is 6.08. The molecule has 0 saturated heterocycles. The topological polar surface area (TPSA) is 54.6 Å². The first-order valence-corrected chi connectivity index (χ1v) is 6.84. The lowest BCUT2D eigenvalue weighted by atomic mass is 10.2. The maximum atomic E-state index is 9.77. The number of nitrogens with one attached hydrogen (secondary N) is 1. The van der Waals surface area contributed by atoms with E-state index in [9.17, 15) is 5.11 Å². The predicted octanol–water partition coefficient (Wildman–Crippen LogP) is 2.60. The quantitative estimate of drug-likeness (QED) is 0.786. The number of halogens is 1. The van der Waals surface area contributed by atoms with E-state index >= 15 is 0 Å². The minimum absolute atomic E-state index is 0.293. The molecule has 1 atom stereocenters. The fourth-order valence-electron chi connectivity index (χ4n) is 1.73. The van der Waals surface area contributed by atoms with Crippen LogP contribution in [0, 0.1) is 0 Å². The summed E-state index contributed by atoms with van der Waals surface area (Å²) in [5.74, 6) is 0. The van der Waals surface area contributed by atoms with Gasteiger partial charge in [0.15, 0.2) is 0 Å². The van der Waals surface area contributed by atoms with Gasteiger partial charge in [-0.05, 0) is 23.8 Å². The SMILES string of the molecule is OC(CNCc1ccoc1)COCc1ccc(Cl)cc1. The van der Waals surface area contributed by atoms with Crippen LogP contribution in [0.1, 0.15) is 11.1 Å². The number of hydrogen-bond acceptors (Lipinski definition) is 4. The number of benzene rings is 1. The second kappa shape index (κ2) is 8.07. The van der Waals surface area contributed by atoms with Gasteiger partial charge in [-0.2, -0.15) is 0 Å². The molecule has 1 unspecified atom stereocenters. The van der Waals surface area contributed by atoms with Crippen LogP contribution >= 0.6 is 11.6 Å². The van der Waals surface area contributed by atoms with E-state index in [1.165, 1.54) is 0 Å². The van der Waals surface area contributed by atoms with E-state index in [0.29, 0.717) is 31.3 Å². The number of aliphatic hydroxyl groups is 1. The summed E-state index contributed by atoms with van der Waals surface area (Å²) in [4.78, 5) is 0. The Morgan fingerprint density at radius 2 is 2.00 bits per heavy atom. The molecule has 0 fully saturated rings. The Labute approximate surface area is 123 Å². The highest BCUT2D eigenvalue weighted by Crippen LogP contribution is 2.10. The summed E-state index contributed by atoms with van der Waals surface area (Å²) < 4.78 is 10.4. The minimum atomic E-state index is -0.533. The molecule has 20 heavy (non-hydrogen) atoms. The summed E-state index contributed by atoms with van der Waals surface area (Å²) in [6.07, 6.45) is 2.77. The van der Waals surface area contributed by atoms with Crippen molar-refractivity contribution < 1.29 is 14.3 Å². The predicted molar refractivity (Wildman–Crippen MR) is 77.5 cm³/mol. The van der Waals surface area contributed by atoms with Gasteiger partial charge in [0.25, 0.3) is 0 Å². The molecule has 1 aromatic heterocycles. The number of ether oxygens (including phenoxy) is 1. The maximum absolute atomic E-state index is 9.77. The van der Waals surface area contributed by atoms with Crippen LogP contribution in [-0.2, 0) is 17.9 Å². The molecule has 0 bridgehead atoms. The lowest BCUT2D eigenvalue weighted by molar-refractivity contribution is 0.0287. The molecule has 2 rings (SSSR count). The van der Waals surface area contributed by atoms with Crippen LogP contribution in [0.15, 0.2) is 47.3 Å². The molecular weight excluding hydrogens is 278 g/mol. The Morgan fingerprint density at radius 1 is 1.20 bits per heavy atom. The van der Waals surface area contributed by atoms with Crippen molar-refractivity contribution in [1.29, 1.82) is 0 Å². The maximum Gasteiger partial charge on any atom is 0.0947 e. The Morgan fingerprint density at radius 3 is 2.70 bits per heavy atom. The van der Waals surface area contributed by atoms with Gasteiger partial charge in [-0.15, -0.1) is 0 Å². The Balaban J connectivity index is 1.58. The lowest BCUT2D eigenvalue weighted by Crippen LogP contribution is -2.29. The molecule has 0 aliphatic carbocycles. The first-order valence-electron chi connectivity index (χ1n) is 6.46. The number of hydrogen-bond donors (Lipinski definition) is 2. The summed E-state index contributed by atoms with van der Waals surface area (Å²) >= 11 is 5.80. The molecule has 2 N–H and O–H groups in total. The van der Waals surface area contributed by atoms with Gasteiger partial charge in [0.1, 0.15) is 0 Å². The van der Waals surface area contributed by atoms with Crippen LogP contribution in [0.25, 0.3) is 0 Å². The van der Waals surface area contributed by atoms with E-state index in [2.05, 4.69) is 5.32 Å². The van der Waals surface area contributed by atoms with Crippen molar-refractivity contribution in [2.75, 3.05) is 13.2 Å².